The van der Waals surface area contributed by atoms with Gasteiger partial charge in [-0.25, -0.2) is 0 Å². The summed E-state index contributed by atoms with van der Waals surface area (Å²) in [7, 11) is 0. The highest BCUT2D eigenvalue weighted by Crippen LogP contribution is 2.22. The second-order valence-electron chi connectivity index (χ2n) is 4.78. The Kier molecular flexibility index (Phi) is 4.82. The third kappa shape index (κ3) is 3.75. The van der Waals surface area contributed by atoms with E-state index >= 15 is 0 Å². The van der Waals surface area contributed by atoms with Crippen molar-refractivity contribution in [3.63, 3.8) is 0 Å². The van der Waals surface area contributed by atoms with Crippen molar-refractivity contribution in [2.24, 2.45) is 5.73 Å². The molecule has 0 aliphatic carbocycles. The van der Waals surface area contributed by atoms with Crippen molar-refractivity contribution >= 4 is 5.91 Å². The van der Waals surface area contributed by atoms with E-state index in [1.165, 1.54) is 0 Å². The van der Waals surface area contributed by atoms with Crippen molar-refractivity contribution in [2.75, 3.05) is 13.2 Å². The van der Waals surface area contributed by atoms with E-state index in [0.717, 1.165) is 16.9 Å². The lowest BCUT2D eigenvalue weighted by Gasteiger charge is -2.13. The van der Waals surface area contributed by atoms with E-state index < -0.39 is 5.91 Å². The highest BCUT2D eigenvalue weighted by atomic mass is 16.5. The largest absolute Gasteiger partial charge is 0.489 e. The maximum atomic E-state index is 11.3. The molecule has 2 aromatic rings. The van der Waals surface area contributed by atoms with Gasteiger partial charge in [-0.3, -0.25) is 4.79 Å². The van der Waals surface area contributed by atoms with E-state index in [1.54, 1.807) is 24.3 Å². The molecule has 0 aliphatic heterocycles. The zero-order chi connectivity index (χ0) is 15.2. The van der Waals surface area contributed by atoms with Crippen LogP contribution in [0.15, 0.2) is 42.5 Å². The molecule has 110 valence electrons. The predicted octanol–water partition coefficient (Wildman–Crippen LogP) is 2.86. The first kappa shape index (κ1) is 14.9. The second-order valence-corrected chi connectivity index (χ2v) is 4.78. The molecule has 21 heavy (non-hydrogen) atoms. The fourth-order valence-corrected chi connectivity index (χ4v) is 2.12. The molecule has 4 heteroatoms. The molecule has 0 atom stereocenters. The smallest absolute Gasteiger partial charge is 0.252 e. The van der Waals surface area contributed by atoms with Gasteiger partial charge in [0.05, 0.1) is 5.56 Å². The minimum atomic E-state index is -0.499. The molecular formula is C17H19NO3. The summed E-state index contributed by atoms with van der Waals surface area (Å²) < 4.78 is 11.3. The average Bonchev–Trinajstić information content (AvgIpc) is 2.46. The van der Waals surface area contributed by atoms with Crippen LogP contribution in [0.5, 0.6) is 11.5 Å². The number of carbonyl (C=O) groups excluding carboxylic acids is 1. The third-order valence-corrected chi connectivity index (χ3v) is 3.15. The zero-order valence-corrected chi connectivity index (χ0v) is 12.3. The number of hydrogen-bond acceptors (Lipinski definition) is 3. The third-order valence-electron chi connectivity index (χ3n) is 3.15. The fourth-order valence-electron chi connectivity index (χ4n) is 2.12. The van der Waals surface area contributed by atoms with Crippen LogP contribution < -0.4 is 15.2 Å². The van der Waals surface area contributed by atoms with Crippen LogP contribution in [-0.4, -0.2) is 19.1 Å². The summed E-state index contributed by atoms with van der Waals surface area (Å²) in [6.07, 6.45) is 0. The molecule has 0 radical (unpaired) electrons. The molecule has 4 nitrogen and oxygen atoms in total. The minimum Gasteiger partial charge on any atom is -0.489 e. The summed E-state index contributed by atoms with van der Waals surface area (Å²) in [4.78, 5) is 11.3. The number of carbonyl (C=O) groups is 1. The topological polar surface area (TPSA) is 61.6 Å². The van der Waals surface area contributed by atoms with Crippen molar-refractivity contribution in [1.82, 2.24) is 0 Å². The Morgan fingerprint density at radius 1 is 0.952 bits per heavy atom. The standard InChI is InChI=1S/C17H19NO3/c1-12-6-5-7-13(2)16(12)21-11-10-20-15-9-4-3-8-14(15)17(18)19/h3-9H,10-11H2,1-2H3,(H2,18,19). The number of nitrogens with two attached hydrogens (primary N) is 1. The van der Waals surface area contributed by atoms with Crippen LogP contribution in [0.2, 0.25) is 0 Å². The van der Waals surface area contributed by atoms with Crippen LogP contribution in [-0.2, 0) is 0 Å². The van der Waals surface area contributed by atoms with Crippen LogP contribution in [0, 0.1) is 13.8 Å². The van der Waals surface area contributed by atoms with Crippen LogP contribution in [0.3, 0.4) is 0 Å². The Morgan fingerprint density at radius 3 is 2.24 bits per heavy atom. The predicted molar refractivity (Wildman–Crippen MR) is 81.9 cm³/mol. The molecule has 0 bridgehead atoms. The summed E-state index contributed by atoms with van der Waals surface area (Å²) in [5.74, 6) is 0.862. The highest BCUT2D eigenvalue weighted by Gasteiger charge is 2.08. The van der Waals surface area contributed by atoms with Gasteiger partial charge >= 0.3 is 0 Å². The Labute approximate surface area is 124 Å². The van der Waals surface area contributed by atoms with Gasteiger partial charge in [0, 0.05) is 0 Å². The van der Waals surface area contributed by atoms with E-state index in [1.807, 2.05) is 32.0 Å². The van der Waals surface area contributed by atoms with E-state index in [0.29, 0.717) is 24.5 Å². The summed E-state index contributed by atoms with van der Waals surface area (Å²) in [5, 5.41) is 0. The molecule has 0 aliphatic rings. The van der Waals surface area contributed by atoms with Crippen molar-refractivity contribution in [3.05, 3.63) is 59.2 Å². The lowest BCUT2D eigenvalue weighted by molar-refractivity contribution is 0.0995. The number of amides is 1. The molecule has 0 saturated heterocycles. The van der Waals surface area contributed by atoms with Crippen molar-refractivity contribution in [2.45, 2.75) is 13.8 Å². The van der Waals surface area contributed by atoms with E-state index in [4.69, 9.17) is 15.2 Å². The highest BCUT2D eigenvalue weighted by molar-refractivity contribution is 5.95. The van der Waals surface area contributed by atoms with Crippen LogP contribution in [0.25, 0.3) is 0 Å². The first-order valence-electron chi connectivity index (χ1n) is 6.80. The van der Waals surface area contributed by atoms with Crippen molar-refractivity contribution in [3.8, 4) is 11.5 Å². The number of ether oxygens (including phenoxy) is 2. The van der Waals surface area contributed by atoms with E-state index in [9.17, 15) is 4.79 Å². The van der Waals surface area contributed by atoms with Gasteiger partial charge in [0.25, 0.3) is 5.91 Å². The molecule has 2 rings (SSSR count). The monoisotopic (exact) mass is 285 g/mol. The maximum absolute atomic E-state index is 11.3. The van der Waals surface area contributed by atoms with E-state index in [2.05, 4.69) is 0 Å². The molecule has 1 amide bonds. The zero-order valence-electron chi connectivity index (χ0n) is 12.3. The number of benzene rings is 2. The number of para-hydroxylation sites is 2. The first-order valence-corrected chi connectivity index (χ1v) is 6.80. The molecule has 0 spiro atoms. The molecule has 0 saturated carbocycles. The van der Waals surface area contributed by atoms with Gasteiger partial charge in [-0.05, 0) is 37.1 Å². The Balaban J connectivity index is 1.92. The van der Waals surface area contributed by atoms with Gasteiger partial charge in [0.15, 0.2) is 0 Å². The number of aryl methyl sites for hydroxylation is 2. The number of hydrogen-bond donors (Lipinski definition) is 1. The lowest BCUT2D eigenvalue weighted by atomic mass is 10.1. The number of rotatable bonds is 6. The van der Waals surface area contributed by atoms with Gasteiger partial charge in [0.2, 0.25) is 0 Å². The Hall–Kier alpha value is -2.49. The van der Waals surface area contributed by atoms with Gasteiger partial charge < -0.3 is 15.2 Å². The normalized spacial score (nSPS) is 10.2. The van der Waals surface area contributed by atoms with Crippen molar-refractivity contribution in [1.29, 1.82) is 0 Å². The molecule has 0 fully saturated rings. The SMILES string of the molecule is Cc1cccc(C)c1OCCOc1ccccc1C(N)=O. The van der Waals surface area contributed by atoms with Gasteiger partial charge in [0.1, 0.15) is 24.7 Å². The molecule has 2 aromatic carbocycles. The van der Waals surface area contributed by atoms with Gasteiger partial charge in [-0.2, -0.15) is 0 Å². The second kappa shape index (κ2) is 6.79. The average molecular weight is 285 g/mol. The summed E-state index contributed by atoms with van der Waals surface area (Å²) in [6, 6.07) is 12.9. The van der Waals surface area contributed by atoms with Gasteiger partial charge in [-0.1, -0.05) is 30.3 Å². The van der Waals surface area contributed by atoms with Crippen LogP contribution >= 0.6 is 0 Å². The number of primary amides is 1. The Bertz CT molecular complexity index is 617. The maximum Gasteiger partial charge on any atom is 0.252 e. The molecule has 0 unspecified atom stereocenters. The molecular weight excluding hydrogens is 266 g/mol. The summed E-state index contributed by atoms with van der Waals surface area (Å²) >= 11 is 0. The molecule has 2 N–H and O–H groups in total. The molecule has 0 aromatic heterocycles. The fraction of sp³-hybridized carbons (Fsp3) is 0.235. The van der Waals surface area contributed by atoms with Crippen molar-refractivity contribution < 1.29 is 14.3 Å². The first-order chi connectivity index (χ1) is 10.1. The quantitative estimate of drug-likeness (QED) is 0.830. The lowest BCUT2D eigenvalue weighted by Crippen LogP contribution is -2.15. The summed E-state index contributed by atoms with van der Waals surface area (Å²) in [6.45, 7) is 4.76. The Morgan fingerprint density at radius 2 is 1.57 bits per heavy atom. The van der Waals surface area contributed by atoms with Crippen LogP contribution in [0.4, 0.5) is 0 Å². The minimum absolute atomic E-state index is 0.345. The van der Waals surface area contributed by atoms with E-state index in [-0.39, 0.29) is 0 Å². The van der Waals surface area contributed by atoms with Crippen LogP contribution in [0.1, 0.15) is 21.5 Å². The van der Waals surface area contributed by atoms with Gasteiger partial charge in [-0.15, -0.1) is 0 Å². The molecule has 0 heterocycles. The summed E-state index contributed by atoms with van der Waals surface area (Å²) in [5.41, 5.74) is 7.86.